The molecule has 1 aliphatic carbocycles. The van der Waals surface area contributed by atoms with Crippen LogP contribution in [0.2, 0.25) is 0 Å². The van der Waals surface area contributed by atoms with E-state index in [1.165, 1.54) is 12.8 Å². The van der Waals surface area contributed by atoms with Gasteiger partial charge in [0.05, 0.1) is 5.52 Å². The lowest BCUT2D eigenvalue weighted by atomic mass is 10.1. The molecule has 2 aromatic heterocycles. The minimum atomic E-state index is -0.0870. The number of nitrogens with zero attached hydrogens (tertiary/aromatic N) is 5. The maximum Gasteiger partial charge on any atom is 0.294 e. The number of carbonyl (C=O) groups is 1. The lowest BCUT2D eigenvalue weighted by molar-refractivity contribution is 0.0652. The molecule has 1 fully saturated rings. The fraction of sp³-hybridized carbons (Fsp3) is 0.400. The van der Waals surface area contributed by atoms with Crippen molar-refractivity contribution in [3.63, 3.8) is 0 Å². The van der Waals surface area contributed by atoms with E-state index in [1.807, 2.05) is 30.0 Å². The van der Waals surface area contributed by atoms with Gasteiger partial charge in [-0.25, -0.2) is 4.98 Å². The Kier molecular flexibility index (Phi) is 4.41. The molecule has 2 heterocycles. The molecule has 1 saturated carbocycles. The van der Waals surface area contributed by atoms with E-state index in [9.17, 15) is 4.79 Å². The summed E-state index contributed by atoms with van der Waals surface area (Å²) in [5.74, 6) is 0.186. The Morgan fingerprint density at radius 3 is 2.77 bits per heavy atom. The molecule has 1 amide bonds. The molecule has 3 aromatic rings. The van der Waals surface area contributed by atoms with E-state index in [4.69, 9.17) is 0 Å². The van der Waals surface area contributed by atoms with E-state index >= 15 is 0 Å². The highest BCUT2D eigenvalue weighted by Gasteiger charge is 2.30. The van der Waals surface area contributed by atoms with Crippen molar-refractivity contribution in [3.05, 3.63) is 53.7 Å². The summed E-state index contributed by atoms with van der Waals surface area (Å²) in [5.41, 5.74) is 3.06. The minimum Gasteiger partial charge on any atom is -0.329 e. The van der Waals surface area contributed by atoms with Gasteiger partial charge in [-0.15, -0.1) is 5.10 Å². The third kappa shape index (κ3) is 3.19. The summed E-state index contributed by atoms with van der Waals surface area (Å²) in [6.45, 7) is 2.56. The lowest BCUT2D eigenvalue weighted by Gasteiger charge is -2.28. The van der Waals surface area contributed by atoms with Gasteiger partial charge in [-0.05, 0) is 37.5 Å². The normalized spacial score (nSPS) is 14.8. The van der Waals surface area contributed by atoms with Gasteiger partial charge >= 0.3 is 0 Å². The van der Waals surface area contributed by atoms with Gasteiger partial charge in [0.15, 0.2) is 0 Å². The quantitative estimate of drug-likeness (QED) is 0.725. The summed E-state index contributed by atoms with van der Waals surface area (Å²) < 4.78 is 1.58. The monoisotopic (exact) mass is 349 g/mol. The Morgan fingerprint density at radius 2 is 2.04 bits per heavy atom. The standard InChI is InChI=1S/C20H23N5O/c1-14-11-15(17-9-5-6-10-18(17)22-14)12-25(16-7-3-4-8-16)20(26)19-21-13-24(2)23-19/h5-6,9-11,13,16H,3-4,7-8,12H2,1-2H3. The van der Waals surface area contributed by atoms with Crippen LogP contribution in [0.4, 0.5) is 0 Å². The maximum atomic E-state index is 13.1. The summed E-state index contributed by atoms with van der Waals surface area (Å²) in [4.78, 5) is 23.9. The summed E-state index contributed by atoms with van der Waals surface area (Å²) in [6.07, 6.45) is 5.99. The SMILES string of the molecule is Cc1cc(CN(C(=O)c2ncn(C)n2)C2CCCC2)c2ccccc2n1. The van der Waals surface area contributed by atoms with Crippen LogP contribution in [0.3, 0.4) is 0 Å². The number of amides is 1. The number of para-hydroxylation sites is 1. The van der Waals surface area contributed by atoms with Crippen molar-refractivity contribution in [2.45, 2.75) is 45.2 Å². The predicted molar refractivity (Wildman–Crippen MR) is 99.6 cm³/mol. The number of aryl methyl sites for hydroxylation is 2. The molecular weight excluding hydrogens is 326 g/mol. The smallest absolute Gasteiger partial charge is 0.294 e. The molecule has 0 aliphatic heterocycles. The number of benzene rings is 1. The molecule has 0 atom stereocenters. The van der Waals surface area contributed by atoms with Gasteiger partial charge in [0.25, 0.3) is 5.91 Å². The van der Waals surface area contributed by atoms with Crippen LogP contribution < -0.4 is 0 Å². The highest BCUT2D eigenvalue weighted by molar-refractivity contribution is 5.91. The van der Waals surface area contributed by atoms with Crippen LogP contribution in [0, 0.1) is 6.92 Å². The second-order valence-electron chi connectivity index (χ2n) is 7.05. The van der Waals surface area contributed by atoms with Crippen LogP contribution in [0.25, 0.3) is 10.9 Å². The Hall–Kier alpha value is -2.76. The van der Waals surface area contributed by atoms with Gasteiger partial charge in [-0.3, -0.25) is 14.5 Å². The van der Waals surface area contributed by atoms with Gasteiger partial charge in [0.2, 0.25) is 5.82 Å². The highest BCUT2D eigenvalue weighted by Crippen LogP contribution is 2.28. The molecule has 0 unspecified atom stereocenters. The van der Waals surface area contributed by atoms with Crippen LogP contribution in [-0.2, 0) is 13.6 Å². The van der Waals surface area contributed by atoms with E-state index in [-0.39, 0.29) is 17.8 Å². The van der Waals surface area contributed by atoms with E-state index in [0.29, 0.717) is 6.54 Å². The molecule has 1 aliphatic rings. The van der Waals surface area contributed by atoms with Crippen molar-refractivity contribution in [1.82, 2.24) is 24.6 Å². The largest absolute Gasteiger partial charge is 0.329 e. The Balaban J connectivity index is 1.72. The number of rotatable bonds is 4. The van der Waals surface area contributed by atoms with E-state index in [2.05, 4.69) is 27.2 Å². The lowest BCUT2D eigenvalue weighted by Crippen LogP contribution is -2.39. The molecule has 0 bridgehead atoms. The van der Waals surface area contributed by atoms with Crippen molar-refractivity contribution in [2.24, 2.45) is 7.05 Å². The van der Waals surface area contributed by atoms with E-state index in [0.717, 1.165) is 35.0 Å². The number of carbonyl (C=O) groups excluding carboxylic acids is 1. The summed E-state index contributed by atoms with van der Waals surface area (Å²) >= 11 is 0. The van der Waals surface area contributed by atoms with Crippen molar-refractivity contribution in [3.8, 4) is 0 Å². The van der Waals surface area contributed by atoms with Crippen LogP contribution in [0.5, 0.6) is 0 Å². The average molecular weight is 349 g/mol. The predicted octanol–water partition coefficient (Wildman–Crippen LogP) is 3.26. The third-order valence-electron chi connectivity index (χ3n) is 5.09. The second kappa shape index (κ2) is 6.86. The van der Waals surface area contributed by atoms with Crippen LogP contribution in [0.1, 0.15) is 47.6 Å². The van der Waals surface area contributed by atoms with Crippen LogP contribution in [0.15, 0.2) is 36.7 Å². The zero-order chi connectivity index (χ0) is 18.1. The molecule has 26 heavy (non-hydrogen) atoms. The van der Waals surface area contributed by atoms with Crippen molar-refractivity contribution in [1.29, 1.82) is 0 Å². The fourth-order valence-corrected chi connectivity index (χ4v) is 3.86. The Bertz CT molecular complexity index is 942. The molecule has 134 valence electrons. The van der Waals surface area contributed by atoms with Gasteiger partial charge in [0, 0.05) is 30.7 Å². The average Bonchev–Trinajstić information content (AvgIpc) is 3.30. The molecule has 0 saturated heterocycles. The van der Waals surface area contributed by atoms with Crippen LogP contribution >= 0.6 is 0 Å². The molecule has 6 heteroatoms. The van der Waals surface area contributed by atoms with Crippen LogP contribution in [-0.4, -0.2) is 36.6 Å². The molecule has 6 nitrogen and oxygen atoms in total. The van der Waals surface area contributed by atoms with Gasteiger partial charge < -0.3 is 4.90 Å². The highest BCUT2D eigenvalue weighted by atomic mass is 16.2. The summed E-state index contributed by atoms with van der Waals surface area (Å²) in [7, 11) is 1.78. The first kappa shape index (κ1) is 16.7. The van der Waals surface area contributed by atoms with Gasteiger partial charge in [0.1, 0.15) is 6.33 Å². The first-order valence-electron chi connectivity index (χ1n) is 9.13. The summed E-state index contributed by atoms with van der Waals surface area (Å²) in [5, 5.41) is 5.33. The molecule has 0 spiro atoms. The molecule has 4 rings (SSSR count). The first-order chi connectivity index (χ1) is 12.6. The van der Waals surface area contributed by atoms with Gasteiger partial charge in [-0.1, -0.05) is 31.0 Å². The second-order valence-corrected chi connectivity index (χ2v) is 7.05. The van der Waals surface area contributed by atoms with E-state index < -0.39 is 0 Å². The Morgan fingerprint density at radius 1 is 1.27 bits per heavy atom. The number of aromatic nitrogens is 4. The molecule has 1 aromatic carbocycles. The minimum absolute atomic E-state index is 0.0870. The third-order valence-corrected chi connectivity index (χ3v) is 5.09. The number of pyridine rings is 1. The first-order valence-corrected chi connectivity index (χ1v) is 9.13. The van der Waals surface area contributed by atoms with E-state index in [1.54, 1.807) is 18.1 Å². The van der Waals surface area contributed by atoms with Crippen molar-refractivity contribution >= 4 is 16.8 Å². The number of hydrogen-bond donors (Lipinski definition) is 0. The number of fused-ring (bicyclic) bond motifs is 1. The molecular formula is C20H23N5O. The van der Waals surface area contributed by atoms with Crippen molar-refractivity contribution in [2.75, 3.05) is 0 Å². The Labute approximate surface area is 152 Å². The zero-order valence-corrected chi connectivity index (χ0v) is 15.2. The van der Waals surface area contributed by atoms with Crippen molar-refractivity contribution < 1.29 is 4.79 Å². The fourth-order valence-electron chi connectivity index (χ4n) is 3.86. The molecule has 0 N–H and O–H groups in total. The summed E-state index contributed by atoms with van der Waals surface area (Å²) in [6, 6.07) is 10.4. The maximum absolute atomic E-state index is 13.1. The number of hydrogen-bond acceptors (Lipinski definition) is 4. The molecule has 0 radical (unpaired) electrons. The topological polar surface area (TPSA) is 63.9 Å². The zero-order valence-electron chi connectivity index (χ0n) is 15.2. The van der Waals surface area contributed by atoms with Gasteiger partial charge in [-0.2, -0.15) is 0 Å².